The van der Waals surface area contributed by atoms with E-state index in [2.05, 4.69) is 16.0 Å². The van der Waals surface area contributed by atoms with Gasteiger partial charge in [-0.3, -0.25) is 0 Å². The predicted octanol–water partition coefficient (Wildman–Crippen LogP) is 4.14. The quantitative estimate of drug-likeness (QED) is 0.487. The van der Waals surface area contributed by atoms with Crippen LogP contribution in [0.3, 0.4) is 0 Å². The first-order chi connectivity index (χ1) is 15.1. The fourth-order valence-electron chi connectivity index (χ4n) is 4.72. The van der Waals surface area contributed by atoms with Crippen molar-refractivity contribution in [1.29, 1.82) is 0 Å². The van der Waals surface area contributed by atoms with Crippen molar-refractivity contribution in [3.63, 3.8) is 0 Å². The number of benzene rings is 1. The van der Waals surface area contributed by atoms with Crippen molar-refractivity contribution < 1.29 is 22.7 Å². The number of halogens is 1. The lowest BCUT2D eigenvalue weighted by molar-refractivity contribution is 0.244. The monoisotopic (exact) mass is 481 g/mol. The highest BCUT2D eigenvalue weighted by molar-refractivity contribution is 7.92. The molecule has 2 aliphatic rings. The second kappa shape index (κ2) is 8.61. The van der Waals surface area contributed by atoms with Gasteiger partial charge in [0.1, 0.15) is 10.7 Å². The highest BCUT2D eigenvalue weighted by Gasteiger charge is 2.44. The first-order valence-corrected chi connectivity index (χ1v) is 12.7. The molecule has 1 aliphatic carbocycles. The van der Waals surface area contributed by atoms with Crippen LogP contribution in [-0.2, 0) is 16.3 Å². The zero-order valence-electron chi connectivity index (χ0n) is 18.1. The van der Waals surface area contributed by atoms with Gasteiger partial charge in [0, 0.05) is 5.54 Å². The molecule has 8 nitrogen and oxygen atoms in total. The first kappa shape index (κ1) is 22.9. The van der Waals surface area contributed by atoms with Gasteiger partial charge in [-0.15, -0.1) is 0 Å². The number of hydrogen-bond acceptors (Lipinski definition) is 6. The van der Waals surface area contributed by atoms with Crippen LogP contribution >= 0.6 is 11.6 Å². The van der Waals surface area contributed by atoms with Crippen LogP contribution in [0.15, 0.2) is 33.8 Å². The predicted molar refractivity (Wildman–Crippen MR) is 122 cm³/mol. The Morgan fingerprint density at radius 1 is 1.25 bits per heavy atom. The highest BCUT2D eigenvalue weighted by Crippen LogP contribution is 2.42. The molecule has 10 heteroatoms. The number of urea groups is 1. The number of amides is 2. The molecule has 1 fully saturated rings. The van der Waals surface area contributed by atoms with Gasteiger partial charge in [0.25, 0.3) is 0 Å². The Balaban J connectivity index is 1.58. The number of aromatic hydroxyl groups is 1. The van der Waals surface area contributed by atoms with Crippen molar-refractivity contribution in [3.05, 3.63) is 40.8 Å². The molecule has 0 bridgehead atoms. The maximum atomic E-state index is 13.5. The van der Waals surface area contributed by atoms with Crippen LogP contribution < -0.4 is 16.0 Å². The Labute approximate surface area is 192 Å². The number of rotatable bonds is 4. The third-order valence-electron chi connectivity index (χ3n) is 6.36. The maximum Gasteiger partial charge on any atom is 0.319 e. The highest BCUT2D eigenvalue weighted by atomic mass is 35.5. The molecule has 2 atom stereocenters. The van der Waals surface area contributed by atoms with Crippen LogP contribution in [0.5, 0.6) is 5.75 Å². The fraction of sp³-hybridized carbons (Fsp3) is 0.500. The molecule has 0 spiro atoms. The molecule has 1 saturated heterocycles. The molecule has 2 heterocycles. The third kappa shape index (κ3) is 4.21. The van der Waals surface area contributed by atoms with E-state index in [1.165, 1.54) is 12.1 Å². The van der Waals surface area contributed by atoms with E-state index in [-0.39, 0.29) is 21.6 Å². The molecule has 4 N–H and O–H groups in total. The van der Waals surface area contributed by atoms with E-state index in [9.17, 15) is 18.3 Å². The van der Waals surface area contributed by atoms with E-state index in [0.29, 0.717) is 12.8 Å². The number of nitrogens with one attached hydrogen (secondary N) is 3. The molecule has 0 saturated carbocycles. The minimum absolute atomic E-state index is 0.0254. The zero-order valence-corrected chi connectivity index (χ0v) is 19.6. The van der Waals surface area contributed by atoms with Crippen LogP contribution in [0.4, 0.5) is 10.5 Å². The lowest BCUT2D eigenvalue weighted by Crippen LogP contribution is -2.56. The lowest BCUT2D eigenvalue weighted by atomic mass is 9.93. The summed E-state index contributed by atoms with van der Waals surface area (Å²) in [5.41, 5.74) is 0.352. The summed E-state index contributed by atoms with van der Waals surface area (Å²) in [6, 6.07) is 3.79. The number of piperidine rings is 1. The SMILES string of the molecule is CC1(C)NCCCC1S(=O)(=O)c1c(Cl)ccc(NC(=O)NC2CCCc3ccoc32)c1O. The van der Waals surface area contributed by atoms with Gasteiger partial charge in [-0.1, -0.05) is 11.6 Å². The number of carbonyl (C=O) groups excluding carboxylic acids is 1. The second-order valence-electron chi connectivity index (χ2n) is 8.95. The zero-order chi connectivity index (χ0) is 23.1. The van der Waals surface area contributed by atoms with E-state index >= 15 is 0 Å². The molecule has 2 unspecified atom stereocenters. The molecular formula is C22H28ClN3O5S. The Morgan fingerprint density at radius 3 is 2.78 bits per heavy atom. The van der Waals surface area contributed by atoms with Crippen LogP contribution in [0, 0.1) is 0 Å². The minimum Gasteiger partial charge on any atom is -0.504 e. The Kier molecular flexibility index (Phi) is 6.17. The summed E-state index contributed by atoms with van der Waals surface area (Å²) in [7, 11) is -3.98. The number of anilines is 1. The number of aryl methyl sites for hydroxylation is 1. The summed E-state index contributed by atoms with van der Waals surface area (Å²) >= 11 is 6.23. The molecule has 2 amide bonds. The van der Waals surface area contributed by atoms with Crippen LogP contribution in [0.1, 0.15) is 56.9 Å². The van der Waals surface area contributed by atoms with Crippen molar-refractivity contribution in [3.8, 4) is 5.75 Å². The number of phenols is 1. The average molecular weight is 482 g/mol. The molecule has 0 radical (unpaired) electrons. The summed E-state index contributed by atoms with van der Waals surface area (Å²) in [5, 5.41) is 18.6. The van der Waals surface area contributed by atoms with E-state index in [1.807, 2.05) is 19.9 Å². The van der Waals surface area contributed by atoms with Crippen LogP contribution in [0.25, 0.3) is 0 Å². The molecular weight excluding hydrogens is 454 g/mol. The number of phenolic OH excluding ortho intramolecular Hbond substituents is 1. The molecule has 4 rings (SSSR count). The Morgan fingerprint density at radius 2 is 2.03 bits per heavy atom. The number of furan rings is 1. The molecule has 32 heavy (non-hydrogen) atoms. The fourth-order valence-corrected chi connectivity index (χ4v) is 7.53. The summed E-state index contributed by atoms with van der Waals surface area (Å²) in [6.45, 7) is 4.36. The van der Waals surface area contributed by atoms with Gasteiger partial charge in [-0.25, -0.2) is 13.2 Å². The summed E-state index contributed by atoms with van der Waals surface area (Å²) < 4.78 is 32.5. The average Bonchev–Trinajstić information content (AvgIpc) is 3.19. The molecule has 1 aromatic heterocycles. The maximum absolute atomic E-state index is 13.5. The van der Waals surface area contributed by atoms with Crippen molar-refractivity contribution >= 4 is 33.2 Å². The largest absolute Gasteiger partial charge is 0.504 e. The number of hydrogen-bond donors (Lipinski definition) is 4. The first-order valence-electron chi connectivity index (χ1n) is 10.8. The van der Waals surface area contributed by atoms with Gasteiger partial charge >= 0.3 is 6.03 Å². The number of sulfone groups is 1. The smallest absolute Gasteiger partial charge is 0.319 e. The standard InChI is InChI=1S/C22H28ClN3O5S/c1-22(2)17(7-4-11-24-22)32(29,30)20-14(23)8-9-15(18(20)27)25-21(28)26-16-6-3-5-13-10-12-31-19(13)16/h8-10,12,16-17,24,27H,3-7,11H2,1-2H3,(H2,25,26,28). The van der Waals surface area contributed by atoms with Crippen molar-refractivity contribution in [2.75, 3.05) is 11.9 Å². The molecule has 174 valence electrons. The third-order valence-corrected chi connectivity index (χ3v) is 9.34. The van der Waals surface area contributed by atoms with E-state index < -0.39 is 32.4 Å². The Bertz CT molecular complexity index is 1130. The van der Waals surface area contributed by atoms with Gasteiger partial charge in [0.15, 0.2) is 15.6 Å². The molecule has 2 aromatic rings. The summed E-state index contributed by atoms with van der Waals surface area (Å²) in [4.78, 5) is 12.3. The van der Waals surface area contributed by atoms with Gasteiger partial charge < -0.3 is 25.5 Å². The summed E-state index contributed by atoms with van der Waals surface area (Å²) in [5.74, 6) is 0.165. The Hall–Kier alpha value is -2.23. The number of fused-ring (bicyclic) bond motifs is 1. The molecule has 1 aliphatic heterocycles. The normalized spacial score (nSPS) is 22.7. The topological polar surface area (TPSA) is 121 Å². The molecule has 1 aromatic carbocycles. The summed E-state index contributed by atoms with van der Waals surface area (Å²) in [6.07, 6.45) is 5.29. The minimum atomic E-state index is -3.98. The van der Waals surface area contributed by atoms with Gasteiger partial charge in [0.05, 0.1) is 28.3 Å². The van der Waals surface area contributed by atoms with Crippen molar-refractivity contribution in [2.45, 2.75) is 67.7 Å². The second-order valence-corrected chi connectivity index (χ2v) is 11.4. The lowest BCUT2D eigenvalue weighted by Gasteiger charge is -2.39. The van der Waals surface area contributed by atoms with Gasteiger partial charge in [0.2, 0.25) is 0 Å². The van der Waals surface area contributed by atoms with Gasteiger partial charge in [-0.2, -0.15) is 0 Å². The number of carbonyl (C=O) groups is 1. The van der Waals surface area contributed by atoms with E-state index in [0.717, 1.165) is 37.1 Å². The van der Waals surface area contributed by atoms with Crippen LogP contribution in [0.2, 0.25) is 5.02 Å². The van der Waals surface area contributed by atoms with E-state index in [1.54, 1.807) is 6.26 Å². The van der Waals surface area contributed by atoms with Crippen molar-refractivity contribution in [2.24, 2.45) is 0 Å². The van der Waals surface area contributed by atoms with Crippen LogP contribution in [-0.4, -0.2) is 36.9 Å². The van der Waals surface area contributed by atoms with Gasteiger partial charge in [-0.05, 0) is 76.3 Å². The van der Waals surface area contributed by atoms with Crippen molar-refractivity contribution in [1.82, 2.24) is 10.6 Å². The van der Waals surface area contributed by atoms with E-state index in [4.69, 9.17) is 16.0 Å².